The highest BCUT2D eigenvalue weighted by Crippen LogP contribution is 2.27. The lowest BCUT2D eigenvalue weighted by Gasteiger charge is -2.36. The van der Waals surface area contributed by atoms with E-state index in [0.717, 1.165) is 21.6 Å². The maximum Gasteiger partial charge on any atom is 0.293 e. The second-order valence-electron chi connectivity index (χ2n) is 31.0. The molecule has 10 N–H and O–H groups in total. The summed E-state index contributed by atoms with van der Waals surface area (Å²) in [6, 6.07) is 24.8. The Balaban J connectivity index is 1.32. The molecule has 5 aromatic carbocycles. The van der Waals surface area contributed by atoms with Crippen LogP contribution in [-0.4, -0.2) is 243 Å². The molecular weight excluding hydrogens is 1530 g/mol. The van der Waals surface area contributed by atoms with Crippen LogP contribution in [0.1, 0.15) is 114 Å². The van der Waals surface area contributed by atoms with Crippen LogP contribution in [0.3, 0.4) is 0 Å². The number of likely N-dealkylation sites (N-methyl/N-ethyl adjacent to an activating group) is 5. The summed E-state index contributed by atoms with van der Waals surface area (Å²) in [5.41, 5.74) is 8.82. The molecular formula is C87H112N12O18S. The Labute approximate surface area is 692 Å². The summed E-state index contributed by atoms with van der Waals surface area (Å²) in [5.74, 6) is -15.0. The van der Waals surface area contributed by atoms with Gasteiger partial charge in [-0.2, -0.15) is 0 Å². The van der Waals surface area contributed by atoms with Crippen LogP contribution in [0.2, 0.25) is 0 Å². The number of primary amides is 1. The summed E-state index contributed by atoms with van der Waals surface area (Å²) < 4.78 is 5.13. The molecule has 0 radical (unpaired) electrons. The number of unbranched alkanes of at least 4 members (excludes halogenated alkanes) is 1. The van der Waals surface area contributed by atoms with Crippen molar-refractivity contribution >= 4 is 111 Å². The first-order valence-corrected chi connectivity index (χ1v) is 40.8. The Hall–Kier alpha value is -11.8. The van der Waals surface area contributed by atoms with E-state index in [9.17, 15) is 53.4 Å². The maximum absolute atomic E-state index is 15.4. The SMILES string of the molecule is CCCC[C@H]1C(=O)N(C)CC(=O)C[C@@H](COC=O)C(=O)C[C@@H](C(C)C)C(=O)N(C)[C@@H](Cc2ccccc2)C(=O)N[C@@H](Cc2ccc(O)cc2)C(=O)N(C)CC(=O)N[C@@H](Cc2c[nH]c3ccccc23)C(=O)N[C@@H](Cc2ccc(O)cc2)C(=O)N[C@@H](CC(C)C)C(=O)N[C@H](C(=O)CCC(N)=O)CSCC(=O)N(C)[C@@H](Cc2ccccc2)C(=O)N1C. The normalized spacial score (nSPS) is 22.1. The van der Waals surface area contributed by atoms with Crippen LogP contribution in [0.25, 0.3) is 10.9 Å². The summed E-state index contributed by atoms with van der Waals surface area (Å²) in [7, 11) is 6.85. The molecule has 2 heterocycles. The van der Waals surface area contributed by atoms with E-state index >= 15 is 28.8 Å². The number of aromatic amines is 1. The molecule has 118 heavy (non-hydrogen) atoms. The molecule has 634 valence electrons. The highest BCUT2D eigenvalue weighted by Gasteiger charge is 2.41. The summed E-state index contributed by atoms with van der Waals surface area (Å²) in [6.45, 7) is 6.97. The number of benzene rings is 5. The molecule has 7 rings (SSSR count). The van der Waals surface area contributed by atoms with Crippen molar-refractivity contribution in [2.45, 2.75) is 166 Å². The van der Waals surface area contributed by atoms with Crippen LogP contribution < -0.4 is 32.3 Å². The standard InChI is InChI=1S/C87H112N12O18S/c1-11-12-27-72-86(115)95(6)47-63(103)43-60(49-117-52-100)76(105)45-65(54(4)5)84(113)99(10)73(41-55-21-15-13-16-22-55)83(112)93-70(40-58-30-34-62(102)35-31-58)85(114)96(7)48-78(107)90-69(44-59-46-89-66-26-20-19-25-64(59)66)82(111)92-68(39-57-28-32-61(101)33-29-57)81(110)91-67(38-53(2)3)80(109)94-71(75(104)36-37-77(88)106)50-118-51-79(108)97(8)74(87(116)98(72)9)42-56-23-17-14-18-24-56/h13-26,28-35,46,52-54,60,65,67-74,89,101-102H,11-12,27,36-45,47-51H2,1-10H3,(H2,88,106)(H,90,107)(H,91,110)(H,92,111)(H,93,112)(H,94,109)/t60-,65-,67-,68-,69-,70-,71-,72-,73-,74-/m0/s1. The molecule has 0 unspecified atom stereocenters. The van der Waals surface area contributed by atoms with E-state index < -0.39 is 194 Å². The van der Waals surface area contributed by atoms with E-state index in [-0.39, 0.29) is 80.3 Å². The van der Waals surface area contributed by atoms with E-state index in [1.807, 2.05) is 6.92 Å². The number of para-hydroxylation sites is 1. The van der Waals surface area contributed by atoms with E-state index in [1.54, 1.807) is 119 Å². The highest BCUT2D eigenvalue weighted by atomic mass is 32.2. The minimum absolute atomic E-state index is 0.0420. The quantitative estimate of drug-likeness (QED) is 0.0392. The number of nitrogens with two attached hydrogens (primary N) is 1. The number of carbonyl (C=O) groups excluding carboxylic acids is 15. The lowest BCUT2D eigenvalue weighted by molar-refractivity contribution is -0.150. The van der Waals surface area contributed by atoms with E-state index in [4.69, 9.17) is 10.5 Å². The highest BCUT2D eigenvalue weighted by molar-refractivity contribution is 8.00. The van der Waals surface area contributed by atoms with Gasteiger partial charge in [0.2, 0.25) is 65.0 Å². The first-order chi connectivity index (χ1) is 56.2. The van der Waals surface area contributed by atoms with Gasteiger partial charge in [0.25, 0.3) is 6.47 Å². The monoisotopic (exact) mass is 1640 g/mol. The molecule has 1 aromatic heterocycles. The molecule has 6 aromatic rings. The fraction of sp³-hybridized carbons (Fsp3) is 0.460. The molecule has 31 heteroatoms. The minimum Gasteiger partial charge on any atom is -0.508 e. The average molecular weight is 1650 g/mol. The average Bonchev–Trinajstić information content (AvgIpc) is 1.22. The lowest BCUT2D eigenvalue weighted by Crippen LogP contribution is -2.59. The number of fused-ring (bicyclic) bond motifs is 1. The molecule has 1 fully saturated rings. The maximum atomic E-state index is 15.4. The number of aromatic nitrogens is 1. The zero-order valence-corrected chi connectivity index (χ0v) is 69.5. The number of Topliss-reactive ketones (excluding diaryl/α,β-unsaturated/α-hetero) is 3. The van der Waals surface area contributed by atoms with Crippen molar-refractivity contribution in [2.24, 2.45) is 29.4 Å². The number of phenols is 2. The third-order valence-electron chi connectivity index (χ3n) is 21.0. The number of H-pyrrole nitrogens is 1. The lowest BCUT2D eigenvalue weighted by atomic mass is 9.84. The zero-order chi connectivity index (χ0) is 86.4. The molecule has 0 saturated carbocycles. The Kier molecular flexibility index (Phi) is 36.1. The van der Waals surface area contributed by atoms with E-state index in [0.29, 0.717) is 51.6 Å². The van der Waals surface area contributed by atoms with Gasteiger partial charge in [-0.1, -0.05) is 151 Å². The van der Waals surface area contributed by atoms with Crippen molar-refractivity contribution in [1.29, 1.82) is 0 Å². The topological polar surface area (TPSA) is 424 Å². The molecule has 1 aliphatic heterocycles. The number of nitrogens with one attached hydrogen (secondary N) is 6. The largest absolute Gasteiger partial charge is 0.508 e. The smallest absolute Gasteiger partial charge is 0.293 e. The van der Waals surface area contributed by atoms with Gasteiger partial charge in [0.1, 0.15) is 66.2 Å². The van der Waals surface area contributed by atoms with Gasteiger partial charge in [0.05, 0.1) is 30.8 Å². The van der Waals surface area contributed by atoms with Crippen LogP contribution in [0.5, 0.6) is 11.5 Å². The van der Waals surface area contributed by atoms with Crippen LogP contribution in [-0.2, 0) is 109 Å². The van der Waals surface area contributed by atoms with Gasteiger partial charge in [-0.05, 0) is 82.8 Å². The first-order valence-electron chi connectivity index (χ1n) is 39.6. The van der Waals surface area contributed by atoms with Gasteiger partial charge in [-0.3, -0.25) is 71.9 Å². The molecule has 1 saturated heterocycles. The summed E-state index contributed by atoms with van der Waals surface area (Å²) in [6.07, 6.45) is -0.113. The number of thioether (sulfide) groups is 1. The van der Waals surface area contributed by atoms with Gasteiger partial charge in [0, 0.05) is 122 Å². The Morgan fingerprint density at radius 2 is 1.08 bits per heavy atom. The van der Waals surface area contributed by atoms with Crippen molar-refractivity contribution in [1.82, 2.24) is 56.1 Å². The molecule has 1 aliphatic rings. The van der Waals surface area contributed by atoms with Crippen molar-refractivity contribution in [2.75, 3.05) is 66.4 Å². The molecule has 0 bridgehead atoms. The van der Waals surface area contributed by atoms with Crippen molar-refractivity contribution in [3.8, 4) is 11.5 Å². The van der Waals surface area contributed by atoms with Crippen LogP contribution >= 0.6 is 11.8 Å². The molecule has 11 amide bonds. The number of carbonyl (C=O) groups is 15. The van der Waals surface area contributed by atoms with Gasteiger partial charge < -0.3 is 76.8 Å². The Bertz CT molecular complexity index is 4470. The van der Waals surface area contributed by atoms with Gasteiger partial charge in [0.15, 0.2) is 11.6 Å². The Morgan fingerprint density at radius 1 is 0.551 bits per heavy atom. The summed E-state index contributed by atoms with van der Waals surface area (Å²) in [5, 5.41) is 35.3. The predicted molar refractivity (Wildman–Crippen MR) is 443 cm³/mol. The van der Waals surface area contributed by atoms with Crippen molar-refractivity contribution in [3.05, 3.63) is 167 Å². The number of phenolic OH excluding ortho intramolecular Hbond substituents is 2. The molecule has 10 atom stereocenters. The molecule has 30 nitrogen and oxygen atoms in total. The Morgan fingerprint density at radius 3 is 1.65 bits per heavy atom. The first kappa shape index (κ1) is 93.4. The van der Waals surface area contributed by atoms with Crippen LogP contribution in [0, 0.1) is 23.7 Å². The fourth-order valence-corrected chi connectivity index (χ4v) is 15.1. The second-order valence-corrected chi connectivity index (χ2v) is 32.0. The van der Waals surface area contributed by atoms with Gasteiger partial charge in [-0.15, -0.1) is 11.8 Å². The van der Waals surface area contributed by atoms with E-state index in [1.165, 1.54) is 98.5 Å². The number of nitrogens with zero attached hydrogens (tertiary/aromatic N) is 5. The van der Waals surface area contributed by atoms with Crippen LogP contribution in [0.4, 0.5) is 0 Å². The summed E-state index contributed by atoms with van der Waals surface area (Å²) in [4.78, 5) is 227. The number of rotatable bonds is 23. The fourth-order valence-electron chi connectivity index (χ4n) is 14.1. The number of aromatic hydroxyl groups is 2. The second kappa shape index (κ2) is 45.7. The number of ether oxygens (including phenoxy) is 1. The number of ketones is 3. The number of hydrogen-bond donors (Lipinski definition) is 9. The predicted octanol–water partition coefficient (Wildman–Crippen LogP) is 4.71. The van der Waals surface area contributed by atoms with Crippen molar-refractivity contribution < 1.29 is 86.9 Å². The van der Waals surface area contributed by atoms with E-state index in [2.05, 4.69) is 31.6 Å². The number of amides is 11. The minimum atomic E-state index is -1.55. The number of hydrogen-bond acceptors (Lipinski definition) is 19. The molecule has 0 aliphatic carbocycles. The third kappa shape index (κ3) is 28.0. The molecule has 0 spiro atoms. The van der Waals surface area contributed by atoms with Gasteiger partial charge >= 0.3 is 0 Å². The third-order valence-corrected chi connectivity index (χ3v) is 22.1. The van der Waals surface area contributed by atoms with Crippen LogP contribution in [0.15, 0.2) is 140 Å². The van der Waals surface area contributed by atoms with Gasteiger partial charge in [-0.25, -0.2) is 0 Å². The van der Waals surface area contributed by atoms with Crippen molar-refractivity contribution in [3.63, 3.8) is 0 Å². The zero-order valence-electron chi connectivity index (χ0n) is 68.7. The summed E-state index contributed by atoms with van der Waals surface area (Å²) >= 11 is 0.916.